The number of aromatic nitrogens is 1. The summed E-state index contributed by atoms with van der Waals surface area (Å²) >= 11 is 0. The summed E-state index contributed by atoms with van der Waals surface area (Å²) in [6.45, 7) is 7.33. The topological polar surface area (TPSA) is 51.6 Å². The fraction of sp³-hybridized carbons (Fsp3) is 0.667. The van der Waals surface area contributed by atoms with Crippen LogP contribution in [0.3, 0.4) is 0 Å². The highest BCUT2D eigenvalue weighted by Crippen LogP contribution is 2.24. The molecular weight excluding hydrogens is 242 g/mol. The Morgan fingerprint density at radius 2 is 2.00 bits per heavy atom. The monoisotopic (exact) mass is 267 g/mol. The summed E-state index contributed by atoms with van der Waals surface area (Å²) in [6.07, 6.45) is 5.25. The third-order valence-corrected chi connectivity index (χ3v) is 2.85. The average Bonchev–Trinajstić information content (AvgIpc) is 2.44. The van der Waals surface area contributed by atoms with Gasteiger partial charge in [0.1, 0.15) is 11.9 Å². The number of rotatable bonds is 9. The van der Waals surface area contributed by atoms with Crippen LogP contribution >= 0.6 is 0 Å². The van der Waals surface area contributed by atoms with Gasteiger partial charge < -0.3 is 14.6 Å². The molecule has 0 saturated carbocycles. The molecule has 0 amide bonds. The van der Waals surface area contributed by atoms with Gasteiger partial charge in [-0.25, -0.2) is 0 Å². The maximum Gasteiger partial charge on any atom is 0.137 e. The normalized spacial score (nSPS) is 14.1. The molecule has 1 aromatic rings. The van der Waals surface area contributed by atoms with E-state index in [1.54, 1.807) is 12.4 Å². The molecule has 1 aromatic heterocycles. The average molecular weight is 267 g/mol. The molecule has 0 saturated heterocycles. The fourth-order valence-electron chi connectivity index (χ4n) is 1.94. The molecule has 0 spiro atoms. The number of nitrogens with zero attached hydrogens (tertiary/aromatic N) is 1. The molecule has 108 valence electrons. The van der Waals surface area contributed by atoms with E-state index in [0.29, 0.717) is 19.0 Å². The van der Waals surface area contributed by atoms with E-state index in [-0.39, 0.29) is 6.10 Å². The molecule has 0 aliphatic heterocycles. The lowest BCUT2D eigenvalue weighted by atomic mass is 10.0. The highest BCUT2D eigenvalue weighted by atomic mass is 16.5. The minimum atomic E-state index is -0.655. The highest BCUT2D eigenvalue weighted by molar-refractivity contribution is 5.25. The zero-order chi connectivity index (χ0) is 14.1. The number of ether oxygens (including phenoxy) is 2. The van der Waals surface area contributed by atoms with Gasteiger partial charge in [0.05, 0.1) is 18.9 Å². The molecule has 0 aromatic carbocycles. The van der Waals surface area contributed by atoms with Crippen molar-refractivity contribution in [3.8, 4) is 5.75 Å². The fourth-order valence-corrected chi connectivity index (χ4v) is 1.94. The van der Waals surface area contributed by atoms with Crippen LogP contribution in [0.25, 0.3) is 0 Å². The number of hydrogen-bond donors (Lipinski definition) is 1. The van der Waals surface area contributed by atoms with Crippen molar-refractivity contribution in [2.45, 2.75) is 52.2 Å². The molecule has 0 radical (unpaired) electrons. The van der Waals surface area contributed by atoms with Gasteiger partial charge in [0.15, 0.2) is 0 Å². The van der Waals surface area contributed by atoms with E-state index < -0.39 is 6.10 Å². The second-order valence-corrected chi connectivity index (χ2v) is 4.53. The molecule has 0 bridgehead atoms. The number of aliphatic hydroxyl groups is 1. The van der Waals surface area contributed by atoms with Gasteiger partial charge in [-0.3, -0.25) is 4.98 Å². The van der Waals surface area contributed by atoms with Crippen LogP contribution in [0.2, 0.25) is 0 Å². The third-order valence-electron chi connectivity index (χ3n) is 2.85. The molecule has 4 nitrogen and oxygen atoms in total. The van der Waals surface area contributed by atoms with Gasteiger partial charge in [-0.2, -0.15) is 0 Å². The van der Waals surface area contributed by atoms with Gasteiger partial charge >= 0.3 is 0 Å². The van der Waals surface area contributed by atoms with Crippen molar-refractivity contribution in [2.24, 2.45) is 0 Å². The quantitative estimate of drug-likeness (QED) is 0.747. The molecule has 19 heavy (non-hydrogen) atoms. The predicted molar refractivity (Wildman–Crippen MR) is 75.3 cm³/mol. The lowest BCUT2D eigenvalue weighted by Gasteiger charge is -2.22. The van der Waals surface area contributed by atoms with Gasteiger partial charge in [0.2, 0.25) is 0 Å². The first-order valence-electron chi connectivity index (χ1n) is 7.10. The highest BCUT2D eigenvalue weighted by Gasteiger charge is 2.21. The lowest BCUT2D eigenvalue weighted by Crippen LogP contribution is -2.22. The first kappa shape index (κ1) is 15.9. The smallest absolute Gasteiger partial charge is 0.137 e. The summed E-state index contributed by atoms with van der Waals surface area (Å²) in [5.74, 6) is 0.699. The Balaban J connectivity index is 2.75. The van der Waals surface area contributed by atoms with Crippen molar-refractivity contribution in [3.05, 3.63) is 24.0 Å². The van der Waals surface area contributed by atoms with E-state index >= 15 is 0 Å². The first-order chi connectivity index (χ1) is 9.22. The zero-order valence-electron chi connectivity index (χ0n) is 12.1. The molecular formula is C15H25NO3. The van der Waals surface area contributed by atoms with Crippen molar-refractivity contribution in [2.75, 3.05) is 13.2 Å². The summed E-state index contributed by atoms with van der Waals surface area (Å²) in [5.41, 5.74) is 0.750. The van der Waals surface area contributed by atoms with Gasteiger partial charge in [0.25, 0.3) is 0 Å². The molecule has 1 N–H and O–H groups in total. The van der Waals surface area contributed by atoms with Crippen LogP contribution < -0.4 is 4.74 Å². The molecule has 0 aliphatic rings. The van der Waals surface area contributed by atoms with Crippen LogP contribution in [0.4, 0.5) is 0 Å². The summed E-state index contributed by atoms with van der Waals surface area (Å²) in [4.78, 5) is 4.12. The first-order valence-corrected chi connectivity index (χ1v) is 7.10. The van der Waals surface area contributed by atoms with E-state index in [2.05, 4.69) is 18.8 Å². The van der Waals surface area contributed by atoms with Crippen LogP contribution in [-0.2, 0) is 4.74 Å². The van der Waals surface area contributed by atoms with E-state index in [4.69, 9.17) is 9.47 Å². The van der Waals surface area contributed by atoms with Crippen LogP contribution in [0.1, 0.15) is 51.7 Å². The van der Waals surface area contributed by atoms with E-state index in [0.717, 1.165) is 24.8 Å². The summed E-state index contributed by atoms with van der Waals surface area (Å²) in [5, 5.41) is 10.4. The van der Waals surface area contributed by atoms with Crippen molar-refractivity contribution in [3.63, 3.8) is 0 Å². The van der Waals surface area contributed by atoms with Crippen LogP contribution in [-0.4, -0.2) is 29.4 Å². The van der Waals surface area contributed by atoms with Crippen LogP contribution in [0, 0.1) is 0 Å². The Hall–Kier alpha value is -1.13. The minimum absolute atomic E-state index is 0.182. The van der Waals surface area contributed by atoms with Crippen LogP contribution in [0.15, 0.2) is 18.5 Å². The Labute approximate surface area is 115 Å². The van der Waals surface area contributed by atoms with Gasteiger partial charge in [-0.05, 0) is 25.8 Å². The van der Waals surface area contributed by atoms with Crippen molar-refractivity contribution in [1.29, 1.82) is 0 Å². The second-order valence-electron chi connectivity index (χ2n) is 4.53. The molecule has 2 atom stereocenters. The maximum atomic E-state index is 10.4. The summed E-state index contributed by atoms with van der Waals surface area (Å²) < 4.78 is 11.1. The third kappa shape index (κ3) is 5.17. The van der Waals surface area contributed by atoms with Crippen molar-refractivity contribution >= 4 is 0 Å². The molecule has 2 unspecified atom stereocenters. The van der Waals surface area contributed by atoms with E-state index in [1.807, 2.05) is 13.0 Å². The second kappa shape index (κ2) is 8.88. The number of aliphatic hydroxyl groups excluding tert-OH is 1. The minimum Gasteiger partial charge on any atom is -0.492 e. The summed E-state index contributed by atoms with van der Waals surface area (Å²) in [6, 6.07) is 1.84. The summed E-state index contributed by atoms with van der Waals surface area (Å²) in [7, 11) is 0. The zero-order valence-corrected chi connectivity index (χ0v) is 12.1. The van der Waals surface area contributed by atoms with Gasteiger partial charge in [-0.15, -0.1) is 0 Å². The standard InChI is InChI=1S/C15H25NO3/c1-4-7-14(18-6-3)15(17)12-9-13(11-16-10-12)19-8-5-2/h9-11,14-15,17H,4-8H2,1-3H3. The number of pyridine rings is 1. The predicted octanol–water partition coefficient (Wildman–Crippen LogP) is 3.11. The molecule has 4 heteroatoms. The lowest BCUT2D eigenvalue weighted by molar-refractivity contribution is -0.0386. The number of hydrogen-bond acceptors (Lipinski definition) is 4. The Kier molecular flexibility index (Phi) is 7.45. The largest absolute Gasteiger partial charge is 0.492 e. The molecule has 1 heterocycles. The maximum absolute atomic E-state index is 10.4. The van der Waals surface area contributed by atoms with E-state index in [1.165, 1.54) is 0 Å². The molecule has 1 rings (SSSR count). The Bertz CT molecular complexity index is 351. The van der Waals surface area contributed by atoms with Crippen molar-refractivity contribution in [1.82, 2.24) is 4.98 Å². The molecule has 0 aliphatic carbocycles. The van der Waals surface area contributed by atoms with Crippen LogP contribution in [0.5, 0.6) is 5.75 Å². The molecule has 0 fully saturated rings. The van der Waals surface area contributed by atoms with Crippen molar-refractivity contribution < 1.29 is 14.6 Å². The Morgan fingerprint density at radius 1 is 1.21 bits per heavy atom. The van der Waals surface area contributed by atoms with Gasteiger partial charge in [-0.1, -0.05) is 20.3 Å². The van der Waals surface area contributed by atoms with Gasteiger partial charge in [0, 0.05) is 18.4 Å². The SMILES string of the molecule is CCCOc1cncc(C(O)C(CCC)OCC)c1. The van der Waals surface area contributed by atoms with E-state index in [9.17, 15) is 5.11 Å². The Morgan fingerprint density at radius 3 is 2.63 bits per heavy atom.